The Hall–Kier alpha value is -0.830. The van der Waals surface area contributed by atoms with E-state index in [0.717, 1.165) is 0 Å². The molecule has 0 aromatic heterocycles. The SMILES string of the molecule is CCC(C)(C)c1ccc([I]c2ccc(C(C)(C)CC)cc2)cc1. The maximum absolute atomic E-state index is 2.34. The van der Waals surface area contributed by atoms with Crippen molar-refractivity contribution < 1.29 is 0 Å². The summed E-state index contributed by atoms with van der Waals surface area (Å²) < 4.78 is 3.00. The third kappa shape index (κ3) is 4.59. The van der Waals surface area contributed by atoms with Crippen LogP contribution in [0.3, 0.4) is 0 Å². The van der Waals surface area contributed by atoms with Crippen LogP contribution in [-0.2, 0) is 10.8 Å². The standard InChI is InChI=1S/C22H30I/c1-7-21(3,4)17-9-13-19(14-10-17)23-20-15-11-18(12-16-20)22(5,6)8-2/h9-16H,7-8H2,1-6H3. The van der Waals surface area contributed by atoms with Crippen molar-refractivity contribution in [1.82, 2.24) is 0 Å². The van der Waals surface area contributed by atoms with Crippen molar-refractivity contribution in [2.75, 3.05) is 0 Å². The van der Waals surface area contributed by atoms with Gasteiger partial charge in [-0.1, -0.05) is 87.0 Å². The Labute approximate surface area is 153 Å². The summed E-state index contributed by atoms with van der Waals surface area (Å²) in [6.07, 6.45) is 2.35. The molecule has 0 spiro atoms. The number of hydrogen-bond acceptors (Lipinski definition) is 0. The lowest BCUT2D eigenvalue weighted by Crippen LogP contribution is -2.15. The maximum Gasteiger partial charge on any atom is 0.00825 e. The van der Waals surface area contributed by atoms with E-state index < -0.39 is 0 Å². The van der Waals surface area contributed by atoms with Gasteiger partial charge in [0, 0.05) is 7.14 Å². The van der Waals surface area contributed by atoms with Gasteiger partial charge in [-0.15, -0.1) is 0 Å². The van der Waals surface area contributed by atoms with Crippen LogP contribution >= 0.6 is 21.2 Å². The van der Waals surface area contributed by atoms with Crippen molar-refractivity contribution in [3.05, 3.63) is 66.8 Å². The summed E-state index contributed by atoms with van der Waals surface area (Å²) >= 11 is -0.0793. The Balaban J connectivity index is 2.11. The van der Waals surface area contributed by atoms with Crippen molar-refractivity contribution in [2.45, 2.75) is 65.2 Å². The van der Waals surface area contributed by atoms with Gasteiger partial charge in [0.05, 0.1) is 0 Å². The topological polar surface area (TPSA) is 0 Å². The highest BCUT2D eigenvalue weighted by Gasteiger charge is 2.18. The van der Waals surface area contributed by atoms with Gasteiger partial charge >= 0.3 is 0 Å². The van der Waals surface area contributed by atoms with Crippen LogP contribution < -0.4 is 0 Å². The van der Waals surface area contributed by atoms with E-state index in [1.807, 2.05) is 0 Å². The van der Waals surface area contributed by atoms with E-state index in [-0.39, 0.29) is 32.0 Å². The molecule has 0 amide bonds. The minimum Gasteiger partial charge on any atom is -0.0775 e. The van der Waals surface area contributed by atoms with Crippen LogP contribution in [0, 0.1) is 7.14 Å². The van der Waals surface area contributed by atoms with E-state index in [2.05, 4.69) is 90.1 Å². The molecular weight excluding hydrogens is 391 g/mol. The normalized spacial score (nSPS) is 12.4. The zero-order chi connectivity index (χ0) is 17.1. The summed E-state index contributed by atoms with van der Waals surface area (Å²) in [7, 11) is 0. The largest absolute Gasteiger partial charge is 0.0775 e. The minimum absolute atomic E-state index is 0.0793. The Morgan fingerprint density at radius 3 is 1.17 bits per heavy atom. The third-order valence-electron chi connectivity index (χ3n) is 5.24. The van der Waals surface area contributed by atoms with Gasteiger partial charge in [-0.05, 0) is 59.1 Å². The Morgan fingerprint density at radius 2 is 0.913 bits per heavy atom. The molecule has 0 aliphatic rings. The van der Waals surface area contributed by atoms with E-state index in [1.54, 1.807) is 0 Å². The molecule has 2 aromatic rings. The summed E-state index contributed by atoms with van der Waals surface area (Å²) in [5, 5.41) is 0. The zero-order valence-electron chi connectivity index (χ0n) is 15.4. The molecule has 0 aliphatic carbocycles. The average molecular weight is 421 g/mol. The van der Waals surface area contributed by atoms with Gasteiger partial charge in [0.25, 0.3) is 0 Å². The first-order valence-corrected chi connectivity index (χ1v) is 10.8. The quantitative estimate of drug-likeness (QED) is 0.438. The predicted octanol–water partition coefficient (Wildman–Crippen LogP) is 7.07. The highest BCUT2D eigenvalue weighted by Crippen LogP contribution is 2.33. The molecule has 1 radical (unpaired) electrons. The number of benzene rings is 2. The van der Waals surface area contributed by atoms with Gasteiger partial charge in [-0.3, -0.25) is 0 Å². The molecule has 0 atom stereocenters. The first kappa shape index (κ1) is 18.5. The van der Waals surface area contributed by atoms with Crippen LogP contribution in [0.25, 0.3) is 0 Å². The Kier molecular flexibility index (Phi) is 5.94. The van der Waals surface area contributed by atoms with Crippen LogP contribution in [0.15, 0.2) is 48.5 Å². The smallest absolute Gasteiger partial charge is 0.00825 e. The maximum atomic E-state index is 2.34. The second-order valence-electron chi connectivity index (χ2n) is 7.58. The van der Waals surface area contributed by atoms with Gasteiger partial charge < -0.3 is 0 Å². The van der Waals surface area contributed by atoms with Gasteiger partial charge in [-0.25, -0.2) is 0 Å². The first-order valence-electron chi connectivity index (χ1n) is 8.64. The van der Waals surface area contributed by atoms with Crippen LogP contribution in [-0.4, -0.2) is 0 Å². The molecule has 0 saturated heterocycles. The van der Waals surface area contributed by atoms with Gasteiger partial charge in [0.1, 0.15) is 0 Å². The van der Waals surface area contributed by atoms with Gasteiger partial charge in [0.15, 0.2) is 0 Å². The van der Waals surface area contributed by atoms with Crippen LogP contribution in [0.4, 0.5) is 0 Å². The van der Waals surface area contributed by atoms with Crippen molar-refractivity contribution in [2.24, 2.45) is 0 Å². The highest BCUT2D eigenvalue weighted by atomic mass is 127. The molecule has 0 aliphatic heterocycles. The minimum atomic E-state index is -0.0793. The van der Waals surface area contributed by atoms with Crippen molar-refractivity contribution in [3.8, 4) is 0 Å². The van der Waals surface area contributed by atoms with E-state index >= 15 is 0 Å². The molecule has 0 saturated carbocycles. The van der Waals surface area contributed by atoms with E-state index in [0.29, 0.717) is 0 Å². The zero-order valence-corrected chi connectivity index (χ0v) is 17.6. The lowest BCUT2D eigenvalue weighted by molar-refractivity contribution is 0.506. The van der Waals surface area contributed by atoms with Crippen LogP contribution in [0.5, 0.6) is 0 Å². The summed E-state index contributed by atoms with van der Waals surface area (Å²) in [5.74, 6) is 0. The van der Waals surface area contributed by atoms with Crippen molar-refractivity contribution >= 4 is 21.2 Å². The molecule has 2 aromatic carbocycles. The molecule has 1 heteroatoms. The second kappa shape index (κ2) is 7.38. The lowest BCUT2D eigenvalue weighted by atomic mass is 9.82. The Morgan fingerprint density at radius 1 is 0.609 bits per heavy atom. The van der Waals surface area contributed by atoms with Gasteiger partial charge in [-0.2, -0.15) is 0 Å². The summed E-state index contributed by atoms with van der Waals surface area (Å²) in [4.78, 5) is 0. The molecule has 0 heterocycles. The first-order chi connectivity index (χ1) is 10.8. The van der Waals surface area contributed by atoms with Crippen molar-refractivity contribution in [1.29, 1.82) is 0 Å². The number of rotatable bonds is 6. The summed E-state index contributed by atoms with van der Waals surface area (Å²) in [5.41, 5.74) is 3.47. The Bertz CT molecular complexity index is 561. The van der Waals surface area contributed by atoms with E-state index in [1.165, 1.54) is 31.1 Å². The summed E-state index contributed by atoms with van der Waals surface area (Å²) in [6.45, 7) is 13.8. The molecule has 2 rings (SSSR count). The number of hydrogen-bond donors (Lipinski definition) is 0. The molecule has 0 unspecified atom stereocenters. The van der Waals surface area contributed by atoms with Crippen LogP contribution in [0.2, 0.25) is 0 Å². The molecule has 125 valence electrons. The molecule has 0 N–H and O–H groups in total. The highest BCUT2D eigenvalue weighted by molar-refractivity contribution is 14.2. The third-order valence-corrected chi connectivity index (χ3v) is 7.92. The van der Waals surface area contributed by atoms with Crippen LogP contribution in [0.1, 0.15) is 65.5 Å². The molecule has 0 nitrogen and oxygen atoms in total. The molecule has 0 fully saturated rings. The average Bonchev–Trinajstić information content (AvgIpc) is 2.56. The van der Waals surface area contributed by atoms with E-state index in [9.17, 15) is 0 Å². The molecular formula is C22H30I. The fraction of sp³-hybridized carbons (Fsp3) is 0.455. The molecule has 0 bridgehead atoms. The predicted molar refractivity (Wildman–Crippen MR) is 111 cm³/mol. The fourth-order valence-corrected chi connectivity index (χ4v) is 4.62. The van der Waals surface area contributed by atoms with Gasteiger partial charge in [0.2, 0.25) is 0 Å². The molecule has 23 heavy (non-hydrogen) atoms. The lowest BCUT2D eigenvalue weighted by Gasteiger charge is -2.24. The number of halogens is 1. The van der Waals surface area contributed by atoms with E-state index in [4.69, 9.17) is 0 Å². The second-order valence-corrected chi connectivity index (χ2v) is 10.6. The summed E-state index contributed by atoms with van der Waals surface area (Å²) in [6, 6.07) is 18.7. The van der Waals surface area contributed by atoms with Crippen molar-refractivity contribution in [3.63, 3.8) is 0 Å². The fourth-order valence-electron chi connectivity index (χ4n) is 2.46. The monoisotopic (exact) mass is 421 g/mol.